The van der Waals surface area contributed by atoms with Crippen LogP contribution in [0.2, 0.25) is 10.0 Å². The monoisotopic (exact) mass is 422 g/mol. The molecule has 0 spiro atoms. The standard InChI is InChI=1S/C20H20Cl2N2O4/c1-12-6-8-14(9-7-12)17(23-13(2)25)10-19(27)28-11-18(26)24-20-15(21)4-3-5-16(20)22/h3-9,17H,10-11H2,1-2H3,(H,23,25)(H,24,26). The van der Waals surface area contributed by atoms with Gasteiger partial charge in [-0.2, -0.15) is 0 Å². The first kappa shape index (κ1) is 21.7. The highest BCUT2D eigenvalue weighted by Gasteiger charge is 2.19. The third-order valence-electron chi connectivity index (χ3n) is 3.82. The first-order chi connectivity index (χ1) is 13.3. The fraction of sp³-hybridized carbons (Fsp3) is 0.250. The van der Waals surface area contributed by atoms with Gasteiger partial charge in [0.05, 0.1) is 28.2 Å². The van der Waals surface area contributed by atoms with E-state index in [4.69, 9.17) is 27.9 Å². The lowest BCUT2D eigenvalue weighted by atomic mass is 10.0. The lowest BCUT2D eigenvalue weighted by molar-refractivity contribution is -0.148. The molecule has 0 aliphatic carbocycles. The highest BCUT2D eigenvalue weighted by molar-refractivity contribution is 6.39. The number of ether oxygens (including phenoxy) is 1. The van der Waals surface area contributed by atoms with Crippen molar-refractivity contribution in [3.05, 3.63) is 63.6 Å². The van der Waals surface area contributed by atoms with Crippen molar-refractivity contribution in [2.24, 2.45) is 0 Å². The van der Waals surface area contributed by atoms with Gasteiger partial charge < -0.3 is 15.4 Å². The number of carbonyl (C=O) groups excluding carboxylic acids is 3. The molecule has 2 N–H and O–H groups in total. The average molecular weight is 423 g/mol. The Morgan fingerprint density at radius 3 is 2.21 bits per heavy atom. The summed E-state index contributed by atoms with van der Waals surface area (Å²) in [4.78, 5) is 35.6. The van der Waals surface area contributed by atoms with Crippen LogP contribution in [0.1, 0.15) is 30.5 Å². The van der Waals surface area contributed by atoms with Gasteiger partial charge in [-0.25, -0.2) is 0 Å². The molecular formula is C20H20Cl2N2O4. The minimum atomic E-state index is -0.625. The van der Waals surface area contributed by atoms with Crippen molar-refractivity contribution in [1.82, 2.24) is 5.32 Å². The summed E-state index contributed by atoms with van der Waals surface area (Å²) in [6, 6.07) is 11.7. The van der Waals surface area contributed by atoms with Gasteiger partial charge in [0.2, 0.25) is 5.91 Å². The molecule has 0 radical (unpaired) electrons. The van der Waals surface area contributed by atoms with Crippen LogP contribution in [-0.4, -0.2) is 24.4 Å². The second kappa shape index (κ2) is 10.1. The molecule has 2 aromatic rings. The van der Waals surface area contributed by atoms with Crippen LogP contribution in [0.3, 0.4) is 0 Å². The molecule has 0 aliphatic heterocycles. The number of carbonyl (C=O) groups is 3. The van der Waals surface area contributed by atoms with Gasteiger partial charge >= 0.3 is 5.97 Å². The molecule has 28 heavy (non-hydrogen) atoms. The van der Waals surface area contributed by atoms with Crippen LogP contribution >= 0.6 is 23.2 Å². The number of benzene rings is 2. The Morgan fingerprint density at radius 1 is 1.04 bits per heavy atom. The third kappa shape index (κ3) is 6.55. The Labute approximate surface area is 173 Å². The van der Waals surface area contributed by atoms with Crippen molar-refractivity contribution >= 4 is 46.7 Å². The molecule has 2 rings (SSSR count). The molecule has 0 fully saturated rings. The first-order valence-electron chi connectivity index (χ1n) is 8.49. The fourth-order valence-corrected chi connectivity index (χ4v) is 2.95. The third-order valence-corrected chi connectivity index (χ3v) is 4.45. The molecule has 0 saturated carbocycles. The minimum absolute atomic E-state index is 0.108. The van der Waals surface area contributed by atoms with Crippen LogP contribution in [0.25, 0.3) is 0 Å². The van der Waals surface area contributed by atoms with E-state index in [1.165, 1.54) is 6.92 Å². The molecule has 2 amide bonds. The zero-order valence-corrected chi connectivity index (χ0v) is 16.9. The molecule has 0 aliphatic rings. The SMILES string of the molecule is CC(=O)NC(CC(=O)OCC(=O)Nc1c(Cl)cccc1Cl)c1ccc(C)cc1. The number of aryl methyl sites for hydroxylation is 1. The summed E-state index contributed by atoms with van der Waals surface area (Å²) >= 11 is 12.0. The largest absolute Gasteiger partial charge is 0.455 e. The van der Waals surface area contributed by atoms with Crippen LogP contribution in [-0.2, 0) is 19.1 Å². The smallest absolute Gasteiger partial charge is 0.308 e. The number of amides is 2. The highest BCUT2D eigenvalue weighted by Crippen LogP contribution is 2.29. The second-order valence-corrected chi connectivity index (χ2v) is 6.99. The van der Waals surface area contributed by atoms with Gasteiger partial charge in [0.1, 0.15) is 0 Å². The number of hydrogen-bond donors (Lipinski definition) is 2. The zero-order chi connectivity index (χ0) is 20.7. The van der Waals surface area contributed by atoms with E-state index in [-0.39, 0.29) is 28.1 Å². The second-order valence-electron chi connectivity index (χ2n) is 6.17. The van der Waals surface area contributed by atoms with Crippen LogP contribution in [0.4, 0.5) is 5.69 Å². The molecular weight excluding hydrogens is 403 g/mol. The lowest BCUT2D eigenvalue weighted by Gasteiger charge is -2.18. The molecule has 0 bridgehead atoms. The fourth-order valence-electron chi connectivity index (χ4n) is 2.46. The maximum Gasteiger partial charge on any atom is 0.308 e. The number of nitrogens with one attached hydrogen (secondary N) is 2. The van der Waals surface area contributed by atoms with E-state index in [9.17, 15) is 14.4 Å². The lowest BCUT2D eigenvalue weighted by Crippen LogP contribution is -2.29. The number of anilines is 1. The van der Waals surface area contributed by atoms with E-state index in [0.717, 1.165) is 11.1 Å². The summed E-state index contributed by atoms with van der Waals surface area (Å²) in [6.07, 6.45) is -0.108. The van der Waals surface area contributed by atoms with Crippen LogP contribution < -0.4 is 10.6 Å². The molecule has 148 valence electrons. The first-order valence-corrected chi connectivity index (χ1v) is 9.25. The Balaban J connectivity index is 1.94. The summed E-state index contributed by atoms with van der Waals surface area (Å²) in [7, 11) is 0. The normalized spacial score (nSPS) is 11.4. The minimum Gasteiger partial charge on any atom is -0.455 e. The number of para-hydroxylation sites is 1. The van der Waals surface area contributed by atoms with Gasteiger partial charge in [-0.05, 0) is 24.6 Å². The van der Waals surface area contributed by atoms with Crippen molar-refractivity contribution in [2.75, 3.05) is 11.9 Å². The predicted octanol–water partition coefficient (Wildman–Crippen LogP) is 4.05. The molecule has 0 saturated heterocycles. The van der Waals surface area contributed by atoms with E-state index in [1.54, 1.807) is 18.2 Å². The quantitative estimate of drug-likeness (QED) is 0.659. The summed E-state index contributed by atoms with van der Waals surface area (Å²) < 4.78 is 5.02. The Hall–Kier alpha value is -2.57. The van der Waals surface area contributed by atoms with Crippen molar-refractivity contribution in [3.63, 3.8) is 0 Å². The van der Waals surface area contributed by atoms with Gasteiger partial charge in [0, 0.05) is 6.92 Å². The number of halogens is 2. The average Bonchev–Trinajstić information content (AvgIpc) is 2.63. The Morgan fingerprint density at radius 2 is 1.64 bits per heavy atom. The Bertz CT molecular complexity index is 849. The van der Waals surface area contributed by atoms with Crippen molar-refractivity contribution in [1.29, 1.82) is 0 Å². The van der Waals surface area contributed by atoms with Gasteiger partial charge in [0.25, 0.3) is 5.91 Å². The van der Waals surface area contributed by atoms with E-state index < -0.39 is 24.5 Å². The molecule has 0 heterocycles. The molecule has 8 heteroatoms. The van der Waals surface area contributed by atoms with Crippen molar-refractivity contribution in [2.45, 2.75) is 26.3 Å². The summed E-state index contributed by atoms with van der Waals surface area (Å²) in [5.74, 6) is -1.47. The van der Waals surface area contributed by atoms with Crippen LogP contribution in [0.15, 0.2) is 42.5 Å². The van der Waals surface area contributed by atoms with E-state index in [1.807, 2.05) is 31.2 Å². The molecule has 6 nitrogen and oxygen atoms in total. The zero-order valence-electron chi connectivity index (χ0n) is 15.4. The summed E-state index contributed by atoms with van der Waals surface area (Å²) in [6.45, 7) is 2.81. The maximum atomic E-state index is 12.2. The number of hydrogen-bond acceptors (Lipinski definition) is 4. The number of esters is 1. The molecule has 1 atom stereocenters. The van der Waals surface area contributed by atoms with E-state index in [2.05, 4.69) is 10.6 Å². The highest BCUT2D eigenvalue weighted by atomic mass is 35.5. The topological polar surface area (TPSA) is 84.5 Å². The van der Waals surface area contributed by atoms with Crippen molar-refractivity contribution < 1.29 is 19.1 Å². The predicted molar refractivity (Wildman–Crippen MR) is 108 cm³/mol. The van der Waals surface area contributed by atoms with Crippen LogP contribution in [0.5, 0.6) is 0 Å². The van der Waals surface area contributed by atoms with Crippen LogP contribution in [0, 0.1) is 6.92 Å². The van der Waals surface area contributed by atoms with Crippen molar-refractivity contribution in [3.8, 4) is 0 Å². The van der Waals surface area contributed by atoms with Gasteiger partial charge in [-0.3, -0.25) is 14.4 Å². The maximum absolute atomic E-state index is 12.2. The van der Waals surface area contributed by atoms with Gasteiger partial charge in [0.15, 0.2) is 6.61 Å². The van der Waals surface area contributed by atoms with Gasteiger partial charge in [-0.15, -0.1) is 0 Å². The molecule has 1 unspecified atom stereocenters. The van der Waals surface area contributed by atoms with E-state index in [0.29, 0.717) is 0 Å². The molecule has 2 aromatic carbocycles. The molecule has 0 aromatic heterocycles. The Kier molecular flexibility index (Phi) is 7.84. The number of rotatable bonds is 7. The van der Waals surface area contributed by atoms with E-state index >= 15 is 0 Å². The summed E-state index contributed by atoms with van der Waals surface area (Å²) in [5.41, 5.74) is 2.08. The van der Waals surface area contributed by atoms with Gasteiger partial charge in [-0.1, -0.05) is 59.1 Å². The summed E-state index contributed by atoms with van der Waals surface area (Å²) in [5, 5.41) is 5.77.